The number of anilines is 2. The number of ether oxygens (including phenoxy) is 1. The summed E-state index contributed by atoms with van der Waals surface area (Å²) in [5.74, 6) is -0.0582. The number of nitrogens with one attached hydrogen (secondary N) is 2. The van der Waals surface area contributed by atoms with Crippen LogP contribution in [-0.2, 0) is 9.53 Å². The van der Waals surface area contributed by atoms with E-state index in [1.54, 1.807) is 0 Å². The largest absolute Gasteiger partial charge is 0.378 e. The lowest BCUT2D eigenvalue weighted by Gasteiger charge is -2.29. The van der Waals surface area contributed by atoms with E-state index in [9.17, 15) is 4.79 Å². The number of aryl methyl sites for hydroxylation is 1. The van der Waals surface area contributed by atoms with Crippen molar-refractivity contribution in [2.24, 2.45) is 0 Å². The van der Waals surface area contributed by atoms with Gasteiger partial charge in [0.05, 0.1) is 25.3 Å². The quantitative estimate of drug-likeness (QED) is 0.579. The number of hydrogen-bond donors (Lipinski definition) is 2. The van der Waals surface area contributed by atoms with Crippen LogP contribution in [0.1, 0.15) is 29.7 Å². The first-order chi connectivity index (χ1) is 15.6. The maximum Gasteiger partial charge on any atom is 0.241 e. The zero-order chi connectivity index (χ0) is 22.3. The molecular formula is C27H31N3O2. The SMILES string of the molecule is Cc1ccc([C@H](N[C@H](C)C(=O)Nc2ccc(N3CCOCC3)cc2)c2ccccc2)cc1. The smallest absolute Gasteiger partial charge is 0.241 e. The highest BCUT2D eigenvalue weighted by Crippen LogP contribution is 2.24. The molecule has 4 rings (SSSR count). The van der Waals surface area contributed by atoms with E-state index in [0.29, 0.717) is 0 Å². The Bertz CT molecular complexity index is 997. The Labute approximate surface area is 190 Å². The Kier molecular flexibility index (Phi) is 7.20. The molecule has 0 radical (unpaired) electrons. The van der Waals surface area contributed by atoms with Crippen molar-refractivity contribution in [2.75, 3.05) is 36.5 Å². The highest BCUT2D eigenvalue weighted by Gasteiger charge is 2.21. The van der Waals surface area contributed by atoms with Crippen LogP contribution in [0.5, 0.6) is 0 Å². The third-order valence-corrected chi connectivity index (χ3v) is 5.86. The number of carbonyl (C=O) groups excluding carboxylic acids is 1. The van der Waals surface area contributed by atoms with Crippen molar-refractivity contribution < 1.29 is 9.53 Å². The predicted molar refractivity (Wildman–Crippen MR) is 130 cm³/mol. The van der Waals surface area contributed by atoms with Gasteiger partial charge in [0.25, 0.3) is 0 Å². The fourth-order valence-electron chi connectivity index (χ4n) is 3.94. The summed E-state index contributed by atoms with van der Waals surface area (Å²) in [6.45, 7) is 7.28. The van der Waals surface area contributed by atoms with E-state index in [-0.39, 0.29) is 18.0 Å². The van der Waals surface area contributed by atoms with Gasteiger partial charge in [0.15, 0.2) is 0 Å². The molecule has 0 unspecified atom stereocenters. The van der Waals surface area contributed by atoms with E-state index in [1.807, 2.05) is 37.3 Å². The third kappa shape index (κ3) is 5.55. The molecule has 5 nitrogen and oxygen atoms in total. The summed E-state index contributed by atoms with van der Waals surface area (Å²) in [6.07, 6.45) is 0. The monoisotopic (exact) mass is 429 g/mol. The number of hydrogen-bond acceptors (Lipinski definition) is 4. The van der Waals surface area contributed by atoms with Crippen LogP contribution in [0.25, 0.3) is 0 Å². The molecule has 2 N–H and O–H groups in total. The van der Waals surface area contributed by atoms with Gasteiger partial charge in [-0.05, 0) is 49.2 Å². The first kappa shape index (κ1) is 22.1. The van der Waals surface area contributed by atoms with E-state index in [4.69, 9.17) is 4.74 Å². The Balaban J connectivity index is 1.43. The van der Waals surface area contributed by atoms with Crippen LogP contribution in [-0.4, -0.2) is 38.3 Å². The van der Waals surface area contributed by atoms with Crippen LogP contribution < -0.4 is 15.5 Å². The summed E-state index contributed by atoms with van der Waals surface area (Å²) in [4.78, 5) is 15.2. The van der Waals surface area contributed by atoms with Crippen molar-refractivity contribution in [1.82, 2.24) is 5.32 Å². The summed E-state index contributed by atoms with van der Waals surface area (Å²) in [5, 5.41) is 6.56. The lowest BCUT2D eigenvalue weighted by Crippen LogP contribution is -2.40. The number of benzene rings is 3. The fraction of sp³-hybridized carbons (Fsp3) is 0.296. The van der Waals surface area contributed by atoms with E-state index in [0.717, 1.165) is 48.8 Å². The minimum atomic E-state index is -0.375. The topological polar surface area (TPSA) is 53.6 Å². The summed E-state index contributed by atoms with van der Waals surface area (Å²) < 4.78 is 5.42. The molecule has 3 aromatic rings. The van der Waals surface area contributed by atoms with Gasteiger partial charge in [0.1, 0.15) is 0 Å². The number of carbonyl (C=O) groups is 1. The van der Waals surface area contributed by atoms with Gasteiger partial charge in [-0.15, -0.1) is 0 Å². The summed E-state index contributed by atoms with van der Waals surface area (Å²) in [7, 11) is 0. The van der Waals surface area contributed by atoms with E-state index < -0.39 is 0 Å². The van der Waals surface area contributed by atoms with Crippen molar-refractivity contribution in [3.05, 3.63) is 95.6 Å². The molecular weight excluding hydrogens is 398 g/mol. The van der Waals surface area contributed by atoms with Crippen LogP contribution in [0, 0.1) is 6.92 Å². The normalized spacial score (nSPS) is 15.8. The van der Waals surface area contributed by atoms with Gasteiger partial charge in [-0.3, -0.25) is 10.1 Å². The molecule has 1 aliphatic rings. The van der Waals surface area contributed by atoms with Gasteiger partial charge in [0, 0.05) is 24.5 Å². The van der Waals surface area contributed by atoms with Gasteiger partial charge in [0.2, 0.25) is 5.91 Å². The van der Waals surface area contributed by atoms with Crippen LogP contribution in [0.4, 0.5) is 11.4 Å². The second-order valence-electron chi connectivity index (χ2n) is 8.28. The Morgan fingerprint density at radius 1 is 0.875 bits per heavy atom. The number of rotatable bonds is 7. The Morgan fingerprint density at radius 3 is 2.16 bits per heavy atom. The molecule has 32 heavy (non-hydrogen) atoms. The third-order valence-electron chi connectivity index (χ3n) is 5.86. The standard InChI is InChI=1S/C27H31N3O2/c1-20-8-10-23(11-9-20)26(22-6-4-3-5-7-22)28-21(2)27(31)29-24-12-14-25(15-13-24)30-16-18-32-19-17-30/h3-15,21,26,28H,16-19H2,1-2H3,(H,29,31)/t21-,26-/m1/s1. The molecule has 0 bridgehead atoms. The van der Waals surface area contributed by atoms with Gasteiger partial charge in [-0.1, -0.05) is 60.2 Å². The van der Waals surface area contributed by atoms with Gasteiger partial charge in [-0.2, -0.15) is 0 Å². The van der Waals surface area contributed by atoms with Gasteiger partial charge < -0.3 is 15.0 Å². The lowest BCUT2D eigenvalue weighted by atomic mass is 9.97. The first-order valence-corrected chi connectivity index (χ1v) is 11.2. The molecule has 3 aromatic carbocycles. The summed E-state index contributed by atoms with van der Waals surface area (Å²) in [6, 6.07) is 26.3. The average Bonchev–Trinajstić information content (AvgIpc) is 2.84. The maximum atomic E-state index is 13.0. The van der Waals surface area contributed by atoms with Crippen molar-refractivity contribution in [3.8, 4) is 0 Å². The van der Waals surface area contributed by atoms with Gasteiger partial charge in [-0.25, -0.2) is 0 Å². The molecule has 2 atom stereocenters. The van der Waals surface area contributed by atoms with E-state index >= 15 is 0 Å². The molecule has 0 aliphatic carbocycles. The second-order valence-corrected chi connectivity index (χ2v) is 8.28. The van der Waals surface area contributed by atoms with Crippen molar-refractivity contribution in [1.29, 1.82) is 0 Å². The number of nitrogens with zero attached hydrogens (tertiary/aromatic N) is 1. The number of amides is 1. The molecule has 1 amide bonds. The molecule has 166 valence electrons. The minimum Gasteiger partial charge on any atom is -0.378 e. The minimum absolute atomic E-state index is 0.0582. The van der Waals surface area contributed by atoms with Gasteiger partial charge >= 0.3 is 0 Å². The molecule has 1 aliphatic heterocycles. The Morgan fingerprint density at radius 2 is 1.50 bits per heavy atom. The van der Waals surface area contributed by atoms with Crippen LogP contribution in [0.15, 0.2) is 78.9 Å². The van der Waals surface area contributed by atoms with Crippen molar-refractivity contribution in [3.63, 3.8) is 0 Å². The zero-order valence-electron chi connectivity index (χ0n) is 18.8. The van der Waals surface area contributed by atoms with E-state index in [1.165, 1.54) is 5.56 Å². The lowest BCUT2D eigenvalue weighted by molar-refractivity contribution is -0.117. The highest BCUT2D eigenvalue weighted by molar-refractivity contribution is 5.94. The molecule has 1 fully saturated rings. The van der Waals surface area contributed by atoms with Crippen molar-refractivity contribution in [2.45, 2.75) is 25.9 Å². The molecule has 0 saturated carbocycles. The zero-order valence-corrected chi connectivity index (χ0v) is 18.8. The Hall–Kier alpha value is -3.15. The van der Waals surface area contributed by atoms with E-state index in [2.05, 4.69) is 71.0 Å². The molecule has 5 heteroatoms. The van der Waals surface area contributed by atoms with Crippen molar-refractivity contribution >= 4 is 17.3 Å². The first-order valence-electron chi connectivity index (χ1n) is 11.2. The molecule has 1 heterocycles. The summed E-state index contributed by atoms with van der Waals surface area (Å²) in [5.41, 5.74) is 5.43. The number of morpholine rings is 1. The van der Waals surface area contributed by atoms with Crippen LogP contribution in [0.2, 0.25) is 0 Å². The molecule has 0 spiro atoms. The average molecular weight is 430 g/mol. The maximum absolute atomic E-state index is 13.0. The van der Waals surface area contributed by atoms with Crippen LogP contribution >= 0.6 is 0 Å². The molecule has 1 saturated heterocycles. The molecule has 0 aromatic heterocycles. The highest BCUT2D eigenvalue weighted by atomic mass is 16.5. The fourth-order valence-corrected chi connectivity index (χ4v) is 3.94. The predicted octanol–water partition coefficient (Wildman–Crippen LogP) is 4.54. The second kappa shape index (κ2) is 10.4. The summed E-state index contributed by atoms with van der Waals surface area (Å²) >= 11 is 0. The van der Waals surface area contributed by atoms with Crippen LogP contribution in [0.3, 0.4) is 0 Å².